The zero-order chi connectivity index (χ0) is 13.3. The Balaban J connectivity index is 2.68. The van der Waals surface area contributed by atoms with Crippen LogP contribution in [0.25, 0.3) is 11.1 Å². The second-order valence-corrected chi connectivity index (χ2v) is 7.35. The van der Waals surface area contributed by atoms with Gasteiger partial charge in [-0.3, -0.25) is 4.57 Å². The summed E-state index contributed by atoms with van der Waals surface area (Å²) < 4.78 is 11.6. The highest BCUT2D eigenvalue weighted by Crippen LogP contribution is 2.48. The van der Waals surface area contributed by atoms with Gasteiger partial charge in [-0.2, -0.15) is 0 Å². The van der Waals surface area contributed by atoms with E-state index >= 15 is 0 Å². The maximum absolute atomic E-state index is 11.6. The molecule has 6 heteroatoms. The molecule has 94 valence electrons. The van der Waals surface area contributed by atoms with Crippen LogP contribution < -0.4 is 5.30 Å². The van der Waals surface area contributed by atoms with Crippen LogP contribution in [0.3, 0.4) is 0 Å². The number of hydrogen-bond acceptors (Lipinski definition) is 1. The van der Waals surface area contributed by atoms with Gasteiger partial charge in [0.05, 0.1) is 5.30 Å². The summed E-state index contributed by atoms with van der Waals surface area (Å²) >= 11 is 17.4. The van der Waals surface area contributed by atoms with Gasteiger partial charge in [-0.1, -0.05) is 47.5 Å². The van der Waals surface area contributed by atoms with E-state index in [0.29, 0.717) is 21.2 Å². The van der Waals surface area contributed by atoms with E-state index in [2.05, 4.69) is 0 Å². The number of halogens is 3. The summed E-state index contributed by atoms with van der Waals surface area (Å²) in [5.41, 5.74) is 1.14. The molecule has 0 saturated heterocycles. The van der Waals surface area contributed by atoms with Crippen molar-refractivity contribution in [2.24, 2.45) is 0 Å². The molecule has 2 aromatic rings. The lowest BCUT2D eigenvalue weighted by molar-refractivity contribution is 0.506. The average molecular weight is 322 g/mol. The van der Waals surface area contributed by atoms with Crippen molar-refractivity contribution in [2.75, 3.05) is 0 Å². The Labute approximate surface area is 119 Å². The van der Waals surface area contributed by atoms with E-state index in [0.717, 1.165) is 0 Å². The third-order valence-corrected chi connectivity index (χ3v) is 4.50. The molecule has 1 unspecified atom stereocenters. The Morgan fingerprint density at radius 1 is 1.00 bits per heavy atom. The van der Waals surface area contributed by atoms with Gasteiger partial charge < -0.3 is 4.89 Å². The molecule has 0 aliphatic rings. The molecule has 0 saturated carbocycles. The van der Waals surface area contributed by atoms with E-state index in [1.54, 1.807) is 36.4 Å². The molecule has 18 heavy (non-hydrogen) atoms. The molecule has 1 atom stereocenters. The molecular weight excluding hydrogens is 313 g/mol. The topological polar surface area (TPSA) is 37.3 Å². The lowest BCUT2D eigenvalue weighted by atomic mass is 10.1. The summed E-state index contributed by atoms with van der Waals surface area (Å²) in [6.07, 6.45) is 0. The number of rotatable bonds is 2. The SMILES string of the molecule is O=P(O)(Cl)c1ccccc1-c1ccc(Cl)cc1Cl. The smallest absolute Gasteiger partial charge is 0.317 e. The third kappa shape index (κ3) is 2.90. The van der Waals surface area contributed by atoms with Gasteiger partial charge in [-0.05, 0) is 35.0 Å². The Bertz CT molecular complexity index is 637. The molecule has 2 rings (SSSR count). The fourth-order valence-electron chi connectivity index (χ4n) is 1.65. The molecule has 0 aliphatic carbocycles. The first kappa shape index (κ1) is 13.9. The van der Waals surface area contributed by atoms with Crippen LogP contribution in [0.5, 0.6) is 0 Å². The summed E-state index contributed by atoms with van der Waals surface area (Å²) in [7, 11) is 0. The van der Waals surface area contributed by atoms with Gasteiger partial charge >= 0.3 is 6.72 Å². The molecule has 0 aromatic heterocycles. The molecule has 0 radical (unpaired) electrons. The molecule has 0 amide bonds. The normalized spacial score (nSPS) is 14.2. The van der Waals surface area contributed by atoms with E-state index in [1.165, 1.54) is 6.07 Å². The van der Waals surface area contributed by atoms with Crippen molar-refractivity contribution in [2.45, 2.75) is 0 Å². The van der Waals surface area contributed by atoms with Crippen LogP contribution in [0.4, 0.5) is 0 Å². The van der Waals surface area contributed by atoms with Crippen molar-refractivity contribution in [1.82, 2.24) is 0 Å². The predicted molar refractivity (Wildman–Crippen MR) is 77.2 cm³/mol. The van der Waals surface area contributed by atoms with Crippen molar-refractivity contribution in [3.63, 3.8) is 0 Å². The molecule has 0 spiro atoms. The molecule has 1 N–H and O–H groups in total. The second-order valence-electron chi connectivity index (χ2n) is 3.64. The van der Waals surface area contributed by atoms with Crippen LogP contribution in [-0.4, -0.2) is 4.89 Å². The minimum atomic E-state index is -3.87. The Hall–Kier alpha value is -0.500. The summed E-state index contributed by atoms with van der Waals surface area (Å²) in [6.45, 7) is -3.87. The van der Waals surface area contributed by atoms with Crippen LogP contribution in [0.2, 0.25) is 10.0 Å². The maximum atomic E-state index is 11.6. The lowest BCUT2D eigenvalue weighted by Gasteiger charge is -2.12. The summed E-state index contributed by atoms with van der Waals surface area (Å²) in [5.74, 6) is 0. The van der Waals surface area contributed by atoms with Gasteiger partial charge in [-0.15, -0.1) is 0 Å². The van der Waals surface area contributed by atoms with Crippen molar-refractivity contribution in [1.29, 1.82) is 0 Å². The van der Waals surface area contributed by atoms with Gasteiger partial charge in [0.15, 0.2) is 0 Å². The van der Waals surface area contributed by atoms with Crippen LogP contribution in [0, 0.1) is 0 Å². The minimum absolute atomic E-state index is 0.163. The number of hydrogen-bond donors (Lipinski definition) is 1. The largest absolute Gasteiger partial charge is 0.330 e. The van der Waals surface area contributed by atoms with E-state index in [-0.39, 0.29) is 5.30 Å². The van der Waals surface area contributed by atoms with E-state index < -0.39 is 6.72 Å². The van der Waals surface area contributed by atoms with E-state index in [4.69, 9.17) is 34.4 Å². The highest BCUT2D eigenvalue weighted by atomic mass is 35.7. The first-order valence-electron chi connectivity index (χ1n) is 4.97. The summed E-state index contributed by atoms with van der Waals surface area (Å²) in [5, 5.41) is 1.07. The van der Waals surface area contributed by atoms with Crippen molar-refractivity contribution in [3.8, 4) is 11.1 Å². The molecule has 0 aliphatic heterocycles. The predicted octanol–water partition coefficient (Wildman–Crippen LogP) is 4.71. The fourth-order valence-corrected chi connectivity index (χ4v) is 3.36. The molecule has 0 heterocycles. The summed E-state index contributed by atoms with van der Waals surface area (Å²) in [4.78, 5) is 9.53. The Morgan fingerprint density at radius 3 is 2.28 bits per heavy atom. The van der Waals surface area contributed by atoms with E-state index in [1.807, 2.05) is 0 Å². The second kappa shape index (κ2) is 5.24. The van der Waals surface area contributed by atoms with E-state index in [9.17, 15) is 9.46 Å². The van der Waals surface area contributed by atoms with Crippen LogP contribution in [0.15, 0.2) is 42.5 Å². The Kier molecular flexibility index (Phi) is 4.05. The lowest BCUT2D eigenvalue weighted by Crippen LogP contribution is -2.04. The molecule has 2 aromatic carbocycles. The minimum Gasteiger partial charge on any atom is -0.330 e. The molecule has 0 bridgehead atoms. The Morgan fingerprint density at radius 2 is 1.67 bits per heavy atom. The number of benzene rings is 2. The van der Waals surface area contributed by atoms with Gasteiger partial charge in [0.2, 0.25) is 0 Å². The van der Waals surface area contributed by atoms with Crippen molar-refractivity contribution in [3.05, 3.63) is 52.5 Å². The molecule has 2 nitrogen and oxygen atoms in total. The van der Waals surface area contributed by atoms with Gasteiger partial charge in [-0.25, -0.2) is 0 Å². The van der Waals surface area contributed by atoms with Crippen LogP contribution in [-0.2, 0) is 4.57 Å². The van der Waals surface area contributed by atoms with Crippen LogP contribution >= 0.6 is 41.2 Å². The van der Waals surface area contributed by atoms with Crippen molar-refractivity contribution >= 4 is 46.5 Å². The first-order valence-corrected chi connectivity index (χ1v) is 8.29. The quantitative estimate of drug-likeness (QED) is 0.813. The zero-order valence-electron chi connectivity index (χ0n) is 8.98. The fraction of sp³-hybridized carbons (Fsp3) is 0. The first-order chi connectivity index (χ1) is 8.39. The highest BCUT2D eigenvalue weighted by Gasteiger charge is 2.22. The highest BCUT2D eigenvalue weighted by molar-refractivity contribution is 7.90. The molecular formula is C12H8Cl3O2P. The van der Waals surface area contributed by atoms with Gasteiger partial charge in [0, 0.05) is 15.6 Å². The average Bonchev–Trinajstić information content (AvgIpc) is 2.28. The standard InChI is InChI=1S/C12H8Cl3O2P/c13-8-5-6-9(11(14)7-8)10-3-1-2-4-12(10)18(15,16)17/h1-7H,(H,16,17). The third-order valence-electron chi connectivity index (χ3n) is 2.42. The summed E-state index contributed by atoms with van der Waals surface area (Å²) in [6, 6.07) is 11.5. The maximum Gasteiger partial charge on any atom is 0.317 e. The molecule has 0 fully saturated rings. The van der Waals surface area contributed by atoms with Crippen molar-refractivity contribution < 1.29 is 9.46 Å². The monoisotopic (exact) mass is 320 g/mol. The van der Waals surface area contributed by atoms with Gasteiger partial charge in [0.1, 0.15) is 0 Å². The van der Waals surface area contributed by atoms with Crippen LogP contribution in [0.1, 0.15) is 0 Å². The van der Waals surface area contributed by atoms with Gasteiger partial charge in [0.25, 0.3) is 0 Å². The zero-order valence-corrected chi connectivity index (χ0v) is 12.1.